The van der Waals surface area contributed by atoms with Gasteiger partial charge in [-0.1, -0.05) is 17.8 Å². The summed E-state index contributed by atoms with van der Waals surface area (Å²) in [5.41, 5.74) is 1.00. The molecule has 110 valence electrons. The molecule has 7 heteroatoms. The van der Waals surface area contributed by atoms with Crippen molar-refractivity contribution in [2.45, 2.75) is 28.8 Å². The van der Waals surface area contributed by atoms with Gasteiger partial charge in [0.05, 0.1) is 11.4 Å². The molecule has 21 heavy (non-hydrogen) atoms. The molecule has 1 fully saturated rings. The first-order valence-electron chi connectivity index (χ1n) is 6.63. The fraction of sp³-hybridized carbons (Fsp3) is 0.357. The molecule has 0 amide bonds. The maximum absolute atomic E-state index is 10.8. The Morgan fingerprint density at radius 1 is 1.43 bits per heavy atom. The van der Waals surface area contributed by atoms with E-state index in [-0.39, 0.29) is 5.75 Å². The molecule has 1 N–H and O–H groups in total. The molecule has 0 aliphatic heterocycles. The van der Waals surface area contributed by atoms with Crippen LogP contribution in [0.15, 0.2) is 34.3 Å². The summed E-state index contributed by atoms with van der Waals surface area (Å²) >= 11 is 2.89. The SMILES string of the molecule is CSc1cccc(-n2c(SCC(=O)O)nnc2C2CC2)c1. The second-order valence-corrected chi connectivity index (χ2v) is 6.66. The highest BCUT2D eigenvalue weighted by molar-refractivity contribution is 7.99. The van der Waals surface area contributed by atoms with Crippen molar-refractivity contribution < 1.29 is 9.90 Å². The monoisotopic (exact) mass is 321 g/mol. The third kappa shape index (κ3) is 3.24. The van der Waals surface area contributed by atoms with Gasteiger partial charge >= 0.3 is 5.97 Å². The van der Waals surface area contributed by atoms with Gasteiger partial charge in [0.1, 0.15) is 5.82 Å². The number of aromatic nitrogens is 3. The van der Waals surface area contributed by atoms with E-state index in [0.717, 1.165) is 29.2 Å². The van der Waals surface area contributed by atoms with Crippen LogP contribution in [-0.4, -0.2) is 37.8 Å². The molecule has 1 aromatic heterocycles. The van der Waals surface area contributed by atoms with Crippen molar-refractivity contribution in [2.24, 2.45) is 0 Å². The summed E-state index contributed by atoms with van der Waals surface area (Å²) in [5, 5.41) is 18.0. The van der Waals surface area contributed by atoms with Gasteiger partial charge in [0.2, 0.25) is 0 Å². The van der Waals surface area contributed by atoms with Crippen LogP contribution in [0.3, 0.4) is 0 Å². The molecule has 3 rings (SSSR count). The minimum atomic E-state index is -0.847. The summed E-state index contributed by atoms with van der Waals surface area (Å²) in [5.74, 6) is 0.543. The molecule has 5 nitrogen and oxygen atoms in total. The highest BCUT2D eigenvalue weighted by Crippen LogP contribution is 2.41. The fourth-order valence-electron chi connectivity index (χ4n) is 2.10. The zero-order valence-electron chi connectivity index (χ0n) is 11.5. The Bertz CT molecular complexity index is 668. The first-order chi connectivity index (χ1) is 10.2. The molecule has 0 radical (unpaired) electrons. The van der Waals surface area contributed by atoms with Crippen molar-refractivity contribution in [3.05, 3.63) is 30.1 Å². The Kier molecular flexibility index (Phi) is 4.21. The lowest BCUT2D eigenvalue weighted by Crippen LogP contribution is -2.04. The van der Waals surface area contributed by atoms with E-state index >= 15 is 0 Å². The summed E-state index contributed by atoms with van der Waals surface area (Å²) in [6, 6.07) is 8.16. The maximum Gasteiger partial charge on any atom is 0.313 e. The Labute approximate surface area is 131 Å². The number of carboxylic acids is 1. The lowest BCUT2D eigenvalue weighted by Gasteiger charge is -2.10. The molecule has 1 aliphatic rings. The highest BCUT2D eigenvalue weighted by atomic mass is 32.2. The van der Waals surface area contributed by atoms with E-state index < -0.39 is 5.97 Å². The smallest absolute Gasteiger partial charge is 0.313 e. The number of rotatable bonds is 6. The van der Waals surface area contributed by atoms with Gasteiger partial charge in [-0.2, -0.15) is 0 Å². The first kappa shape index (κ1) is 14.5. The Morgan fingerprint density at radius 3 is 2.90 bits per heavy atom. The average Bonchev–Trinajstić information content (AvgIpc) is 3.25. The second kappa shape index (κ2) is 6.11. The van der Waals surface area contributed by atoms with Gasteiger partial charge in [-0.05, 0) is 37.3 Å². The molecular formula is C14H15N3O2S2. The van der Waals surface area contributed by atoms with Crippen LogP contribution in [0.4, 0.5) is 0 Å². The molecule has 1 saturated carbocycles. The minimum absolute atomic E-state index is 0.00891. The van der Waals surface area contributed by atoms with Gasteiger partial charge < -0.3 is 5.11 Å². The number of hydrogen-bond donors (Lipinski definition) is 1. The van der Waals surface area contributed by atoms with Crippen molar-refractivity contribution in [3.8, 4) is 5.69 Å². The number of aliphatic carboxylic acids is 1. The van der Waals surface area contributed by atoms with E-state index in [4.69, 9.17) is 5.11 Å². The number of nitrogens with zero attached hydrogens (tertiary/aromatic N) is 3. The number of hydrogen-bond acceptors (Lipinski definition) is 5. The van der Waals surface area contributed by atoms with Crippen molar-refractivity contribution >= 4 is 29.5 Å². The third-order valence-corrected chi connectivity index (χ3v) is 4.88. The third-order valence-electron chi connectivity index (χ3n) is 3.24. The molecule has 0 atom stereocenters. The number of carbonyl (C=O) groups is 1. The average molecular weight is 321 g/mol. The van der Waals surface area contributed by atoms with Gasteiger partial charge in [0.25, 0.3) is 0 Å². The molecule has 0 unspecified atom stereocenters. The molecule has 1 aliphatic carbocycles. The summed E-state index contributed by atoms with van der Waals surface area (Å²) in [6.07, 6.45) is 4.29. The Morgan fingerprint density at radius 2 is 2.24 bits per heavy atom. The summed E-state index contributed by atoms with van der Waals surface area (Å²) in [7, 11) is 0. The van der Waals surface area contributed by atoms with Gasteiger partial charge in [0.15, 0.2) is 5.16 Å². The van der Waals surface area contributed by atoms with E-state index in [0.29, 0.717) is 11.1 Å². The molecular weight excluding hydrogens is 306 g/mol. The quantitative estimate of drug-likeness (QED) is 0.825. The van der Waals surface area contributed by atoms with E-state index in [1.165, 1.54) is 11.8 Å². The molecule has 0 saturated heterocycles. The van der Waals surface area contributed by atoms with Crippen molar-refractivity contribution in [1.29, 1.82) is 0 Å². The van der Waals surface area contributed by atoms with Crippen LogP contribution in [0.25, 0.3) is 5.69 Å². The van der Waals surface area contributed by atoms with E-state index in [1.54, 1.807) is 11.8 Å². The molecule has 2 aromatic rings. The lowest BCUT2D eigenvalue weighted by molar-refractivity contribution is -0.133. The van der Waals surface area contributed by atoms with Gasteiger partial charge in [0, 0.05) is 10.8 Å². The van der Waals surface area contributed by atoms with E-state index in [2.05, 4.69) is 22.3 Å². The Hall–Kier alpha value is -1.47. The number of benzene rings is 1. The summed E-state index contributed by atoms with van der Waals surface area (Å²) in [4.78, 5) is 12.0. The summed E-state index contributed by atoms with van der Waals surface area (Å²) in [6.45, 7) is 0. The van der Waals surface area contributed by atoms with Gasteiger partial charge in [-0.15, -0.1) is 22.0 Å². The minimum Gasteiger partial charge on any atom is -0.481 e. The van der Waals surface area contributed by atoms with Crippen LogP contribution in [0.5, 0.6) is 0 Å². The van der Waals surface area contributed by atoms with Crippen molar-refractivity contribution in [3.63, 3.8) is 0 Å². The van der Waals surface area contributed by atoms with Crippen LogP contribution >= 0.6 is 23.5 Å². The lowest BCUT2D eigenvalue weighted by atomic mass is 10.3. The molecule has 0 spiro atoms. The topological polar surface area (TPSA) is 68.0 Å². The van der Waals surface area contributed by atoms with Crippen LogP contribution < -0.4 is 0 Å². The fourth-order valence-corrected chi connectivity index (χ4v) is 3.23. The highest BCUT2D eigenvalue weighted by Gasteiger charge is 2.31. The normalized spacial score (nSPS) is 14.3. The standard InChI is InChI=1S/C14H15N3O2S2/c1-20-11-4-2-3-10(7-11)17-13(9-5-6-9)15-16-14(17)21-8-12(18)19/h2-4,7,9H,5-6,8H2,1H3,(H,18,19). The van der Waals surface area contributed by atoms with Crippen LogP contribution in [0.2, 0.25) is 0 Å². The van der Waals surface area contributed by atoms with Crippen molar-refractivity contribution in [1.82, 2.24) is 14.8 Å². The predicted octanol–water partition coefficient (Wildman–Crippen LogP) is 3.04. The molecule has 1 aromatic carbocycles. The first-order valence-corrected chi connectivity index (χ1v) is 8.84. The van der Waals surface area contributed by atoms with Gasteiger partial charge in [-0.25, -0.2) is 0 Å². The largest absolute Gasteiger partial charge is 0.481 e. The Balaban J connectivity index is 2.00. The van der Waals surface area contributed by atoms with Crippen LogP contribution in [-0.2, 0) is 4.79 Å². The number of carboxylic acid groups (broad SMARTS) is 1. The van der Waals surface area contributed by atoms with Crippen LogP contribution in [0.1, 0.15) is 24.6 Å². The summed E-state index contributed by atoms with van der Waals surface area (Å²) < 4.78 is 2.00. The predicted molar refractivity (Wildman–Crippen MR) is 83.5 cm³/mol. The zero-order valence-corrected chi connectivity index (χ0v) is 13.2. The van der Waals surface area contributed by atoms with Crippen molar-refractivity contribution in [2.75, 3.05) is 12.0 Å². The maximum atomic E-state index is 10.8. The zero-order chi connectivity index (χ0) is 14.8. The number of thioether (sulfide) groups is 2. The second-order valence-electron chi connectivity index (χ2n) is 4.83. The van der Waals surface area contributed by atoms with E-state index in [9.17, 15) is 4.79 Å². The van der Waals surface area contributed by atoms with Gasteiger partial charge in [-0.3, -0.25) is 9.36 Å². The van der Waals surface area contributed by atoms with E-state index in [1.807, 2.05) is 23.0 Å². The van der Waals surface area contributed by atoms with Crippen LogP contribution in [0, 0.1) is 0 Å². The molecule has 1 heterocycles. The molecule has 0 bridgehead atoms.